The molecule has 1 rings (SSSR count). The van der Waals surface area contributed by atoms with Gasteiger partial charge in [-0.05, 0) is 36.5 Å². The molecule has 0 unspecified atom stereocenters. The van der Waals surface area contributed by atoms with Crippen molar-refractivity contribution in [1.82, 2.24) is 5.32 Å². The first kappa shape index (κ1) is 19.1. The Morgan fingerprint density at radius 3 is 2.40 bits per heavy atom. The van der Waals surface area contributed by atoms with E-state index in [0.717, 1.165) is 12.5 Å². The Balaban J connectivity index is 0.00000361. The normalized spacial score (nSPS) is 11.3. The summed E-state index contributed by atoms with van der Waals surface area (Å²) in [7, 11) is 0. The zero-order valence-corrected chi connectivity index (χ0v) is 14.2. The molecule has 0 aliphatic carbocycles. The fourth-order valence-corrected chi connectivity index (χ4v) is 1.59. The molecule has 0 fully saturated rings. The van der Waals surface area contributed by atoms with Crippen molar-refractivity contribution >= 4 is 29.9 Å². The molecule has 0 heterocycles. The first-order chi connectivity index (χ1) is 8.97. The van der Waals surface area contributed by atoms with Gasteiger partial charge in [-0.1, -0.05) is 13.8 Å². The molecule has 3 N–H and O–H groups in total. The van der Waals surface area contributed by atoms with Gasteiger partial charge in [-0.25, -0.2) is 8.78 Å². The summed E-state index contributed by atoms with van der Waals surface area (Å²) in [5.74, 6) is -0.161. The molecule has 0 aliphatic rings. The second kappa shape index (κ2) is 9.90. The summed E-state index contributed by atoms with van der Waals surface area (Å²) in [5, 5.41) is 2.93. The van der Waals surface area contributed by atoms with Crippen LogP contribution >= 0.6 is 24.0 Å². The molecule has 6 heteroatoms. The van der Waals surface area contributed by atoms with Gasteiger partial charge in [-0.15, -0.1) is 24.0 Å². The molecule has 0 bridgehead atoms. The molecule has 0 spiro atoms. The Morgan fingerprint density at radius 2 is 1.85 bits per heavy atom. The topological polar surface area (TPSA) is 50.4 Å². The number of rotatable bonds is 6. The highest BCUT2D eigenvalue weighted by molar-refractivity contribution is 14.0. The van der Waals surface area contributed by atoms with Crippen LogP contribution in [0, 0.1) is 17.6 Å². The van der Waals surface area contributed by atoms with Crippen LogP contribution in [0.4, 0.5) is 8.78 Å². The minimum atomic E-state index is -0.562. The first-order valence-corrected chi connectivity index (χ1v) is 6.46. The Morgan fingerprint density at radius 1 is 1.25 bits per heavy atom. The second-order valence-corrected chi connectivity index (χ2v) is 4.90. The molecule has 3 nitrogen and oxygen atoms in total. The van der Waals surface area contributed by atoms with Gasteiger partial charge in [0, 0.05) is 19.2 Å². The van der Waals surface area contributed by atoms with E-state index >= 15 is 0 Å². The molecular weight excluding hydrogens is 375 g/mol. The smallest absolute Gasteiger partial charge is 0.188 e. The third-order valence-corrected chi connectivity index (χ3v) is 2.63. The summed E-state index contributed by atoms with van der Waals surface area (Å²) >= 11 is 0. The van der Waals surface area contributed by atoms with Crippen LogP contribution in [0.1, 0.15) is 25.8 Å². The average molecular weight is 397 g/mol. The predicted molar refractivity (Wildman–Crippen MR) is 89.4 cm³/mol. The van der Waals surface area contributed by atoms with Crippen molar-refractivity contribution < 1.29 is 8.78 Å². The van der Waals surface area contributed by atoms with Crippen molar-refractivity contribution in [3.63, 3.8) is 0 Å². The van der Waals surface area contributed by atoms with Gasteiger partial charge in [0.25, 0.3) is 0 Å². The van der Waals surface area contributed by atoms with E-state index < -0.39 is 11.6 Å². The van der Waals surface area contributed by atoms with E-state index in [-0.39, 0.29) is 24.0 Å². The number of hydrogen-bond acceptors (Lipinski definition) is 1. The number of aliphatic imine (C=N–C) groups is 1. The third kappa shape index (κ3) is 8.29. The number of nitrogens with one attached hydrogen (secondary N) is 1. The van der Waals surface area contributed by atoms with Gasteiger partial charge in [0.05, 0.1) is 0 Å². The van der Waals surface area contributed by atoms with Crippen LogP contribution < -0.4 is 11.1 Å². The lowest BCUT2D eigenvalue weighted by molar-refractivity contribution is 0.579. The number of nitrogens with zero attached hydrogens (tertiary/aromatic N) is 1. The summed E-state index contributed by atoms with van der Waals surface area (Å²) < 4.78 is 25.9. The van der Waals surface area contributed by atoms with Gasteiger partial charge < -0.3 is 11.1 Å². The lowest BCUT2D eigenvalue weighted by atomic mass is 10.1. The van der Waals surface area contributed by atoms with Crippen LogP contribution in [0.3, 0.4) is 0 Å². The Labute approximate surface area is 136 Å². The van der Waals surface area contributed by atoms with Crippen LogP contribution in [0.25, 0.3) is 0 Å². The highest BCUT2D eigenvalue weighted by Crippen LogP contribution is 2.08. The number of benzene rings is 1. The quantitative estimate of drug-likeness (QED) is 0.441. The van der Waals surface area contributed by atoms with E-state index in [1.54, 1.807) is 0 Å². The zero-order valence-electron chi connectivity index (χ0n) is 11.8. The number of guanidine groups is 1. The maximum atomic E-state index is 12.9. The third-order valence-electron chi connectivity index (χ3n) is 2.63. The van der Waals surface area contributed by atoms with Gasteiger partial charge in [-0.3, -0.25) is 4.99 Å². The molecule has 1 aromatic carbocycles. The van der Waals surface area contributed by atoms with Crippen molar-refractivity contribution in [3.8, 4) is 0 Å². The van der Waals surface area contributed by atoms with E-state index in [1.165, 1.54) is 12.1 Å². The molecule has 0 radical (unpaired) electrons. The second-order valence-electron chi connectivity index (χ2n) is 4.90. The number of halogens is 3. The monoisotopic (exact) mass is 397 g/mol. The van der Waals surface area contributed by atoms with E-state index in [0.29, 0.717) is 37.0 Å². The van der Waals surface area contributed by atoms with Gasteiger partial charge >= 0.3 is 0 Å². The molecular formula is C14H22F2IN3. The summed E-state index contributed by atoms with van der Waals surface area (Å²) in [5.41, 5.74) is 6.27. The van der Waals surface area contributed by atoms with Crippen molar-refractivity contribution in [2.75, 3.05) is 13.1 Å². The molecule has 0 aliphatic heterocycles. The van der Waals surface area contributed by atoms with Gasteiger partial charge in [0.2, 0.25) is 0 Å². The van der Waals surface area contributed by atoms with Crippen LogP contribution in [0.15, 0.2) is 23.2 Å². The molecule has 0 atom stereocenters. The van der Waals surface area contributed by atoms with E-state index in [1.807, 2.05) is 0 Å². The minimum absolute atomic E-state index is 0. The van der Waals surface area contributed by atoms with Crippen LogP contribution in [-0.2, 0) is 6.42 Å². The number of hydrogen-bond donors (Lipinski definition) is 2. The predicted octanol–water partition coefficient (Wildman–Crippen LogP) is 3.08. The fourth-order valence-electron chi connectivity index (χ4n) is 1.59. The Bertz CT molecular complexity index is 416. The van der Waals surface area contributed by atoms with Gasteiger partial charge in [-0.2, -0.15) is 0 Å². The van der Waals surface area contributed by atoms with Crippen LogP contribution in [0.2, 0.25) is 0 Å². The van der Waals surface area contributed by atoms with Crippen molar-refractivity contribution in [2.24, 2.45) is 16.6 Å². The van der Waals surface area contributed by atoms with E-state index in [9.17, 15) is 8.78 Å². The maximum Gasteiger partial charge on any atom is 0.188 e. The number of nitrogens with two attached hydrogens (primary N) is 1. The molecule has 1 aromatic rings. The average Bonchev–Trinajstić information content (AvgIpc) is 2.27. The minimum Gasteiger partial charge on any atom is -0.370 e. The molecule has 0 aromatic heterocycles. The zero-order chi connectivity index (χ0) is 14.3. The van der Waals surface area contributed by atoms with Crippen molar-refractivity contribution in [2.45, 2.75) is 26.7 Å². The highest BCUT2D eigenvalue weighted by Gasteiger charge is 2.01. The van der Waals surface area contributed by atoms with Gasteiger partial charge in [0.1, 0.15) is 11.6 Å². The molecule has 0 saturated carbocycles. The highest BCUT2D eigenvalue weighted by atomic mass is 127. The summed E-state index contributed by atoms with van der Waals surface area (Å²) in [6, 6.07) is 3.49. The van der Waals surface area contributed by atoms with E-state index in [4.69, 9.17) is 5.73 Å². The van der Waals surface area contributed by atoms with Crippen molar-refractivity contribution in [1.29, 1.82) is 0 Å². The first-order valence-electron chi connectivity index (χ1n) is 6.46. The van der Waals surface area contributed by atoms with Crippen molar-refractivity contribution in [3.05, 3.63) is 35.4 Å². The van der Waals surface area contributed by atoms with E-state index in [2.05, 4.69) is 24.2 Å². The summed E-state index contributed by atoms with van der Waals surface area (Å²) in [6.45, 7) is 5.43. The Hall–Kier alpha value is -0.920. The lowest BCUT2D eigenvalue weighted by Crippen LogP contribution is -2.33. The Kier molecular flexibility index (Phi) is 9.45. The lowest BCUT2D eigenvalue weighted by Gasteiger charge is -2.07. The summed E-state index contributed by atoms with van der Waals surface area (Å²) in [4.78, 5) is 4.17. The largest absolute Gasteiger partial charge is 0.370 e. The van der Waals surface area contributed by atoms with Gasteiger partial charge in [0.15, 0.2) is 5.96 Å². The van der Waals surface area contributed by atoms with Crippen LogP contribution in [-0.4, -0.2) is 19.0 Å². The molecule has 114 valence electrons. The SMILES string of the molecule is CC(C)CCN=C(N)NCCc1cc(F)cc(F)c1.I. The van der Waals surface area contributed by atoms with Crippen LogP contribution in [0.5, 0.6) is 0 Å². The standard InChI is InChI=1S/C14H21F2N3.HI/c1-10(2)3-5-18-14(17)19-6-4-11-7-12(15)9-13(16)8-11;/h7-10H,3-6H2,1-2H3,(H3,17,18,19);1H. The molecule has 20 heavy (non-hydrogen) atoms. The molecule has 0 amide bonds. The summed E-state index contributed by atoms with van der Waals surface area (Å²) in [6.07, 6.45) is 1.48. The molecule has 0 saturated heterocycles. The maximum absolute atomic E-state index is 12.9. The fraction of sp³-hybridized carbons (Fsp3) is 0.500.